The van der Waals surface area contributed by atoms with Crippen molar-refractivity contribution in [1.29, 1.82) is 0 Å². The topological polar surface area (TPSA) is 38.3 Å². The predicted molar refractivity (Wildman–Crippen MR) is 68.8 cm³/mol. The van der Waals surface area contributed by atoms with Gasteiger partial charge in [-0.25, -0.2) is 9.97 Å². The van der Waals surface area contributed by atoms with Crippen molar-refractivity contribution >= 4 is 17.4 Å². The molecule has 1 aliphatic heterocycles. The Morgan fingerprint density at radius 3 is 2.94 bits per heavy atom. The Morgan fingerprint density at radius 1 is 1.35 bits per heavy atom. The maximum atomic E-state index is 6.02. The van der Waals surface area contributed by atoms with Gasteiger partial charge in [0, 0.05) is 13.1 Å². The first kappa shape index (κ1) is 12.4. The molecule has 1 fully saturated rings. The molecule has 1 saturated heterocycles. The fourth-order valence-electron chi connectivity index (χ4n) is 2.22. The second kappa shape index (κ2) is 5.54. The smallest absolute Gasteiger partial charge is 0.199 e. The van der Waals surface area contributed by atoms with Gasteiger partial charge in [-0.05, 0) is 25.2 Å². The third-order valence-electron chi connectivity index (χ3n) is 3.26. The van der Waals surface area contributed by atoms with Crippen molar-refractivity contribution in [2.24, 2.45) is 5.92 Å². The SMILES string of the molecule is COc1c(Cl)ncnc1N1CCCC(C)CC1. The van der Waals surface area contributed by atoms with Crippen LogP contribution in [-0.2, 0) is 0 Å². The van der Waals surface area contributed by atoms with E-state index in [4.69, 9.17) is 16.3 Å². The molecule has 1 atom stereocenters. The van der Waals surface area contributed by atoms with Gasteiger partial charge in [0.05, 0.1) is 7.11 Å². The molecule has 17 heavy (non-hydrogen) atoms. The molecule has 5 heteroatoms. The highest BCUT2D eigenvalue weighted by Crippen LogP contribution is 2.33. The lowest BCUT2D eigenvalue weighted by Crippen LogP contribution is -2.25. The highest BCUT2D eigenvalue weighted by Gasteiger charge is 2.20. The van der Waals surface area contributed by atoms with E-state index >= 15 is 0 Å². The minimum Gasteiger partial charge on any atom is -0.490 e. The Balaban J connectivity index is 2.23. The molecule has 0 amide bonds. The number of hydrogen-bond donors (Lipinski definition) is 0. The zero-order valence-corrected chi connectivity index (χ0v) is 11.1. The maximum Gasteiger partial charge on any atom is 0.199 e. The molecular weight excluding hydrogens is 238 g/mol. The molecule has 2 rings (SSSR count). The van der Waals surface area contributed by atoms with Crippen LogP contribution < -0.4 is 9.64 Å². The van der Waals surface area contributed by atoms with Gasteiger partial charge in [-0.15, -0.1) is 0 Å². The van der Waals surface area contributed by atoms with Crippen LogP contribution in [0.4, 0.5) is 5.82 Å². The van der Waals surface area contributed by atoms with E-state index in [1.807, 2.05) is 0 Å². The lowest BCUT2D eigenvalue weighted by molar-refractivity contribution is 0.410. The molecule has 0 saturated carbocycles. The predicted octanol–water partition coefficient (Wildman–Crippen LogP) is 2.77. The van der Waals surface area contributed by atoms with Gasteiger partial charge < -0.3 is 9.64 Å². The Hall–Kier alpha value is -1.03. The van der Waals surface area contributed by atoms with Crippen LogP contribution in [0.3, 0.4) is 0 Å². The lowest BCUT2D eigenvalue weighted by Gasteiger charge is -2.23. The summed E-state index contributed by atoms with van der Waals surface area (Å²) in [5.74, 6) is 2.19. The minimum atomic E-state index is 0.384. The molecule has 0 radical (unpaired) electrons. The number of ether oxygens (including phenoxy) is 1. The van der Waals surface area contributed by atoms with Crippen LogP contribution in [0.15, 0.2) is 6.33 Å². The zero-order valence-electron chi connectivity index (χ0n) is 10.3. The van der Waals surface area contributed by atoms with E-state index in [0.29, 0.717) is 10.9 Å². The molecule has 0 bridgehead atoms. The molecule has 1 aromatic rings. The minimum absolute atomic E-state index is 0.384. The van der Waals surface area contributed by atoms with E-state index in [1.54, 1.807) is 7.11 Å². The number of methoxy groups -OCH3 is 1. The van der Waals surface area contributed by atoms with Crippen molar-refractivity contribution in [3.05, 3.63) is 11.5 Å². The van der Waals surface area contributed by atoms with Gasteiger partial charge in [0.1, 0.15) is 6.33 Å². The van der Waals surface area contributed by atoms with Crippen molar-refractivity contribution in [2.75, 3.05) is 25.1 Å². The second-order valence-corrected chi connectivity index (χ2v) is 4.90. The van der Waals surface area contributed by atoms with E-state index < -0.39 is 0 Å². The highest BCUT2D eigenvalue weighted by atomic mass is 35.5. The molecule has 2 heterocycles. The summed E-state index contributed by atoms with van der Waals surface area (Å²) in [6.45, 7) is 4.31. The van der Waals surface area contributed by atoms with Crippen LogP contribution in [0.2, 0.25) is 5.15 Å². The summed E-state index contributed by atoms with van der Waals surface area (Å²) in [6, 6.07) is 0. The van der Waals surface area contributed by atoms with Gasteiger partial charge in [0.15, 0.2) is 16.7 Å². The highest BCUT2D eigenvalue weighted by molar-refractivity contribution is 6.31. The summed E-state index contributed by atoms with van der Waals surface area (Å²) in [5.41, 5.74) is 0. The fraction of sp³-hybridized carbons (Fsp3) is 0.667. The van der Waals surface area contributed by atoms with E-state index in [2.05, 4.69) is 21.8 Å². The third kappa shape index (κ3) is 2.80. The summed E-state index contributed by atoms with van der Waals surface area (Å²) in [7, 11) is 1.61. The van der Waals surface area contributed by atoms with Crippen molar-refractivity contribution in [3.63, 3.8) is 0 Å². The van der Waals surface area contributed by atoms with Gasteiger partial charge >= 0.3 is 0 Å². The van der Waals surface area contributed by atoms with E-state index in [-0.39, 0.29) is 0 Å². The summed E-state index contributed by atoms with van der Waals surface area (Å²) in [6.07, 6.45) is 5.14. The molecule has 1 aromatic heterocycles. The van der Waals surface area contributed by atoms with Crippen molar-refractivity contribution < 1.29 is 4.74 Å². The average Bonchev–Trinajstić information content (AvgIpc) is 2.54. The molecule has 94 valence electrons. The van der Waals surface area contributed by atoms with Crippen LogP contribution in [0.25, 0.3) is 0 Å². The molecule has 4 nitrogen and oxygen atoms in total. The molecule has 0 aromatic carbocycles. The Morgan fingerprint density at radius 2 is 2.18 bits per heavy atom. The largest absolute Gasteiger partial charge is 0.490 e. The monoisotopic (exact) mass is 255 g/mol. The number of nitrogens with zero attached hydrogens (tertiary/aromatic N) is 3. The van der Waals surface area contributed by atoms with Crippen LogP contribution in [-0.4, -0.2) is 30.2 Å². The van der Waals surface area contributed by atoms with Crippen molar-refractivity contribution in [1.82, 2.24) is 9.97 Å². The molecule has 1 unspecified atom stereocenters. The number of hydrogen-bond acceptors (Lipinski definition) is 4. The number of aromatic nitrogens is 2. The first-order valence-electron chi connectivity index (χ1n) is 6.01. The first-order chi connectivity index (χ1) is 8.22. The maximum absolute atomic E-state index is 6.02. The standard InChI is InChI=1S/C12H18ClN3O/c1-9-4-3-6-16(7-5-9)12-10(17-2)11(13)14-8-15-12/h8-9H,3-7H2,1-2H3. The van der Waals surface area contributed by atoms with Crippen LogP contribution in [0, 0.1) is 5.92 Å². The zero-order chi connectivity index (χ0) is 12.3. The van der Waals surface area contributed by atoms with Gasteiger partial charge in [-0.1, -0.05) is 18.5 Å². The average molecular weight is 256 g/mol. The Bertz CT molecular complexity index is 386. The Kier molecular flexibility index (Phi) is 4.05. The van der Waals surface area contributed by atoms with Gasteiger partial charge in [0.2, 0.25) is 0 Å². The first-order valence-corrected chi connectivity index (χ1v) is 6.39. The quantitative estimate of drug-likeness (QED) is 0.762. The van der Waals surface area contributed by atoms with E-state index in [1.165, 1.54) is 25.6 Å². The van der Waals surface area contributed by atoms with E-state index in [0.717, 1.165) is 24.8 Å². The van der Waals surface area contributed by atoms with Crippen molar-refractivity contribution in [2.45, 2.75) is 26.2 Å². The number of halogens is 1. The number of rotatable bonds is 2. The summed E-state index contributed by atoms with van der Waals surface area (Å²) >= 11 is 6.02. The van der Waals surface area contributed by atoms with Crippen LogP contribution in [0.1, 0.15) is 26.2 Å². The number of anilines is 1. The Labute approximate surface area is 107 Å². The second-order valence-electron chi connectivity index (χ2n) is 4.54. The fourth-order valence-corrected chi connectivity index (χ4v) is 2.42. The van der Waals surface area contributed by atoms with E-state index in [9.17, 15) is 0 Å². The molecule has 1 aliphatic rings. The molecule has 0 aliphatic carbocycles. The van der Waals surface area contributed by atoms with Crippen LogP contribution >= 0.6 is 11.6 Å². The molecular formula is C12H18ClN3O. The van der Waals surface area contributed by atoms with Crippen molar-refractivity contribution in [3.8, 4) is 5.75 Å². The normalized spacial score (nSPS) is 21.1. The van der Waals surface area contributed by atoms with Gasteiger partial charge in [-0.2, -0.15) is 0 Å². The molecule has 0 N–H and O–H groups in total. The summed E-state index contributed by atoms with van der Waals surface area (Å²) < 4.78 is 5.30. The lowest BCUT2D eigenvalue weighted by atomic mass is 10.0. The van der Waals surface area contributed by atoms with Crippen LogP contribution in [0.5, 0.6) is 5.75 Å². The summed E-state index contributed by atoms with van der Waals surface area (Å²) in [4.78, 5) is 10.5. The molecule has 0 spiro atoms. The third-order valence-corrected chi connectivity index (χ3v) is 3.53. The summed E-state index contributed by atoms with van der Waals surface area (Å²) in [5, 5.41) is 0.384. The van der Waals surface area contributed by atoms with Gasteiger partial charge in [0.25, 0.3) is 0 Å². The van der Waals surface area contributed by atoms with Gasteiger partial charge in [-0.3, -0.25) is 0 Å².